The molecule has 1 amide bonds. The van der Waals surface area contributed by atoms with Crippen LogP contribution in [0.25, 0.3) is 0 Å². The van der Waals surface area contributed by atoms with Gasteiger partial charge in [0.1, 0.15) is 5.75 Å². The Bertz CT molecular complexity index is 954. The number of sulfonamides is 1. The summed E-state index contributed by atoms with van der Waals surface area (Å²) in [4.78, 5) is 14.7. The molecule has 150 valence electrons. The molecule has 2 aliphatic heterocycles. The number of aryl methyl sites for hydroxylation is 2. The Balaban J connectivity index is 1.44. The maximum absolute atomic E-state index is 12.9. The van der Waals surface area contributed by atoms with Crippen molar-refractivity contribution >= 4 is 15.9 Å². The molecule has 0 N–H and O–H groups in total. The zero-order valence-corrected chi connectivity index (χ0v) is 16.7. The third-order valence-corrected chi connectivity index (χ3v) is 7.23. The van der Waals surface area contributed by atoms with Crippen molar-refractivity contribution in [3.8, 4) is 5.75 Å². The number of amides is 1. The SMILES string of the molecule is COc1cccc(S(=O)(=O)N2CCN(C(=O)c3cc4n(n3)CCCC4)CC2)c1. The second kappa shape index (κ2) is 7.56. The fraction of sp³-hybridized carbons (Fsp3) is 0.474. The molecule has 1 saturated heterocycles. The number of benzene rings is 1. The molecule has 0 radical (unpaired) electrons. The first-order valence-corrected chi connectivity index (χ1v) is 10.9. The van der Waals surface area contributed by atoms with E-state index in [1.807, 2.05) is 10.7 Å². The third kappa shape index (κ3) is 3.51. The molecule has 1 fully saturated rings. The van der Waals surface area contributed by atoms with Gasteiger partial charge in [-0.05, 0) is 37.5 Å². The van der Waals surface area contributed by atoms with Crippen LogP contribution in [0.2, 0.25) is 0 Å². The van der Waals surface area contributed by atoms with E-state index in [1.54, 1.807) is 23.1 Å². The molecule has 0 aliphatic carbocycles. The van der Waals surface area contributed by atoms with Crippen LogP contribution in [0, 0.1) is 0 Å². The number of methoxy groups -OCH3 is 1. The topological polar surface area (TPSA) is 84.7 Å². The van der Waals surface area contributed by atoms with Crippen LogP contribution in [0.1, 0.15) is 29.0 Å². The van der Waals surface area contributed by atoms with Gasteiger partial charge in [-0.3, -0.25) is 9.48 Å². The maximum Gasteiger partial charge on any atom is 0.274 e. The first kappa shape index (κ1) is 18.9. The Morgan fingerprint density at radius 1 is 1.07 bits per heavy atom. The van der Waals surface area contributed by atoms with Crippen LogP contribution < -0.4 is 4.74 Å². The number of carbonyl (C=O) groups is 1. The molecule has 2 aromatic rings. The van der Waals surface area contributed by atoms with Gasteiger partial charge in [0.05, 0.1) is 12.0 Å². The largest absolute Gasteiger partial charge is 0.497 e. The summed E-state index contributed by atoms with van der Waals surface area (Å²) in [7, 11) is -2.11. The van der Waals surface area contributed by atoms with Gasteiger partial charge in [0.2, 0.25) is 10.0 Å². The minimum Gasteiger partial charge on any atom is -0.497 e. The van der Waals surface area contributed by atoms with Crippen LogP contribution in [-0.2, 0) is 23.0 Å². The van der Waals surface area contributed by atoms with Crippen molar-refractivity contribution in [2.24, 2.45) is 0 Å². The molecule has 28 heavy (non-hydrogen) atoms. The number of nitrogens with zero attached hydrogens (tertiary/aromatic N) is 4. The summed E-state index contributed by atoms with van der Waals surface area (Å²) in [6, 6.07) is 8.32. The number of fused-ring (bicyclic) bond motifs is 1. The lowest BCUT2D eigenvalue weighted by atomic mass is 10.1. The summed E-state index contributed by atoms with van der Waals surface area (Å²) < 4.78 is 34.2. The number of rotatable bonds is 4. The van der Waals surface area contributed by atoms with E-state index in [9.17, 15) is 13.2 Å². The molecule has 9 heteroatoms. The zero-order valence-electron chi connectivity index (χ0n) is 15.9. The lowest BCUT2D eigenvalue weighted by Crippen LogP contribution is -2.50. The van der Waals surface area contributed by atoms with E-state index < -0.39 is 10.0 Å². The monoisotopic (exact) mass is 404 g/mol. The Kier molecular flexibility index (Phi) is 5.11. The summed E-state index contributed by atoms with van der Waals surface area (Å²) >= 11 is 0. The summed E-state index contributed by atoms with van der Waals surface area (Å²) in [5.41, 5.74) is 1.56. The second-order valence-electron chi connectivity index (χ2n) is 7.08. The van der Waals surface area contributed by atoms with Gasteiger partial charge in [-0.2, -0.15) is 9.40 Å². The number of hydrogen-bond donors (Lipinski definition) is 0. The van der Waals surface area contributed by atoms with Crippen molar-refractivity contribution in [3.63, 3.8) is 0 Å². The van der Waals surface area contributed by atoms with Crippen LogP contribution >= 0.6 is 0 Å². The number of carbonyl (C=O) groups excluding carboxylic acids is 1. The minimum atomic E-state index is -3.62. The fourth-order valence-corrected chi connectivity index (χ4v) is 5.18. The quantitative estimate of drug-likeness (QED) is 0.769. The molecule has 0 saturated carbocycles. The van der Waals surface area contributed by atoms with Gasteiger partial charge in [-0.15, -0.1) is 0 Å². The Morgan fingerprint density at radius 3 is 2.57 bits per heavy atom. The fourth-order valence-electron chi connectivity index (χ4n) is 3.73. The molecule has 2 aliphatic rings. The number of aromatic nitrogens is 2. The van der Waals surface area contributed by atoms with E-state index >= 15 is 0 Å². The number of ether oxygens (including phenoxy) is 1. The predicted molar refractivity (Wildman–Crippen MR) is 103 cm³/mol. The minimum absolute atomic E-state index is 0.125. The summed E-state index contributed by atoms with van der Waals surface area (Å²) in [5, 5.41) is 4.44. The average Bonchev–Trinajstić information content (AvgIpc) is 3.17. The van der Waals surface area contributed by atoms with Crippen molar-refractivity contribution in [1.29, 1.82) is 0 Å². The van der Waals surface area contributed by atoms with E-state index in [-0.39, 0.29) is 23.9 Å². The van der Waals surface area contributed by atoms with Crippen molar-refractivity contribution in [1.82, 2.24) is 19.0 Å². The highest BCUT2D eigenvalue weighted by Crippen LogP contribution is 2.23. The molecule has 0 atom stereocenters. The Labute approximate surface area is 164 Å². The molecule has 0 bridgehead atoms. The Hall–Kier alpha value is -2.39. The van der Waals surface area contributed by atoms with Crippen molar-refractivity contribution in [2.75, 3.05) is 33.3 Å². The van der Waals surface area contributed by atoms with Gasteiger partial charge in [-0.25, -0.2) is 8.42 Å². The molecule has 4 rings (SSSR count). The molecule has 3 heterocycles. The first-order valence-electron chi connectivity index (χ1n) is 9.49. The molecule has 1 aromatic heterocycles. The van der Waals surface area contributed by atoms with Crippen LogP contribution in [-0.4, -0.2) is 66.6 Å². The van der Waals surface area contributed by atoms with Gasteiger partial charge in [0, 0.05) is 44.5 Å². The normalized spacial score (nSPS) is 18.0. The molecular formula is C19H24N4O4S. The van der Waals surface area contributed by atoms with Gasteiger partial charge in [-0.1, -0.05) is 6.07 Å². The first-order chi connectivity index (χ1) is 13.5. The van der Waals surface area contributed by atoms with Crippen LogP contribution in [0.15, 0.2) is 35.2 Å². The standard InChI is InChI=1S/C19H24N4O4S/c1-27-16-6-4-7-17(14-16)28(25,26)22-11-9-21(10-12-22)19(24)18-13-15-5-2-3-8-23(15)20-18/h4,6-7,13-14H,2-3,5,8-12H2,1H3. The van der Waals surface area contributed by atoms with Crippen LogP contribution in [0.4, 0.5) is 0 Å². The highest BCUT2D eigenvalue weighted by molar-refractivity contribution is 7.89. The van der Waals surface area contributed by atoms with Gasteiger partial charge < -0.3 is 9.64 Å². The van der Waals surface area contributed by atoms with E-state index in [0.717, 1.165) is 31.5 Å². The van der Waals surface area contributed by atoms with E-state index in [1.165, 1.54) is 17.5 Å². The molecule has 0 unspecified atom stereocenters. The van der Waals surface area contributed by atoms with E-state index in [0.29, 0.717) is 24.5 Å². The third-order valence-electron chi connectivity index (χ3n) is 5.34. The molecular weight excluding hydrogens is 380 g/mol. The van der Waals surface area contributed by atoms with Crippen LogP contribution in [0.3, 0.4) is 0 Å². The summed E-state index contributed by atoms with van der Waals surface area (Å²) in [6.07, 6.45) is 3.16. The van der Waals surface area contributed by atoms with Crippen molar-refractivity contribution in [2.45, 2.75) is 30.7 Å². The van der Waals surface area contributed by atoms with E-state index in [4.69, 9.17) is 4.74 Å². The lowest BCUT2D eigenvalue weighted by molar-refractivity contribution is 0.0691. The maximum atomic E-state index is 12.9. The van der Waals surface area contributed by atoms with E-state index in [2.05, 4.69) is 5.10 Å². The smallest absolute Gasteiger partial charge is 0.274 e. The molecule has 1 aromatic carbocycles. The lowest BCUT2D eigenvalue weighted by Gasteiger charge is -2.33. The molecule has 8 nitrogen and oxygen atoms in total. The number of hydrogen-bond acceptors (Lipinski definition) is 5. The van der Waals surface area contributed by atoms with Gasteiger partial charge >= 0.3 is 0 Å². The second-order valence-corrected chi connectivity index (χ2v) is 9.01. The summed E-state index contributed by atoms with van der Waals surface area (Å²) in [5.74, 6) is 0.374. The van der Waals surface area contributed by atoms with Crippen molar-refractivity contribution in [3.05, 3.63) is 41.7 Å². The van der Waals surface area contributed by atoms with Gasteiger partial charge in [0.15, 0.2) is 5.69 Å². The summed E-state index contributed by atoms with van der Waals surface area (Å²) in [6.45, 7) is 2.08. The molecule has 0 spiro atoms. The zero-order chi connectivity index (χ0) is 19.7. The van der Waals surface area contributed by atoms with Crippen LogP contribution in [0.5, 0.6) is 5.75 Å². The Morgan fingerprint density at radius 2 is 1.86 bits per heavy atom. The van der Waals surface area contributed by atoms with Gasteiger partial charge in [0.25, 0.3) is 5.91 Å². The predicted octanol–water partition coefficient (Wildman–Crippen LogP) is 1.37. The number of piperazine rings is 1. The highest BCUT2D eigenvalue weighted by Gasteiger charge is 2.31. The van der Waals surface area contributed by atoms with Crippen molar-refractivity contribution < 1.29 is 17.9 Å². The highest BCUT2D eigenvalue weighted by atomic mass is 32.2. The average molecular weight is 404 g/mol.